The van der Waals surface area contributed by atoms with E-state index in [-0.39, 0.29) is 49.2 Å². The lowest BCUT2D eigenvalue weighted by molar-refractivity contribution is -0.129. The van der Waals surface area contributed by atoms with Crippen LogP contribution < -0.4 is 20.1 Å². The van der Waals surface area contributed by atoms with Crippen molar-refractivity contribution < 1.29 is 28.4 Å². The number of hydrogen-bond donors (Lipinski definition) is 2. The fraction of sp³-hybridized carbons (Fsp3) is 0.406. The summed E-state index contributed by atoms with van der Waals surface area (Å²) < 4.78 is 18.4. The molecule has 2 N–H and O–H groups in total. The van der Waals surface area contributed by atoms with E-state index in [0.717, 1.165) is 11.3 Å². The highest BCUT2D eigenvalue weighted by molar-refractivity contribution is 7.99. The molecule has 5 rings (SSSR count). The Hall–Kier alpha value is -4.92. The third-order valence-corrected chi connectivity index (χ3v) is 8.31. The van der Waals surface area contributed by atoms with E-state index in [2.05, 4.69) is 31.1 Å². The van der Waals surface area contributed by atoms with Gasteiger partial charge in [-0.25, -0.2) is 0 Å². The first-order chi connectivity index (χ1) is 22.9. The molecule has 2 aromatic heterocycles. The molecule has 0 radical (unpaired) electrons. The zero-order chi connectivity index (χ0) is 33.0. The minimum absolute atomic E-state index is 0.101. The lowest BCUT2D eigenvalue weighted by Gasteiger charge is -2.24. The third kappa shape index (κ3) is 9.54. The molecule has 47 heavy (non-hydrogen) atoms. The summed E-state index contributed by atoms with van der Waals surface area (Å²) in [5, 5.41) is 18.1. The van der Waals surface area contributed by atoms with Gasteiger partial charge in [-0.1, -0.05) is 46.8 Å². The maximum atomic E-state index is 13.7. The summed E-state index contributed by atoms with van der Waals surface area (Å²) in [6, 6.07) is 13.6. The quantitative estimate of drug-likeness (QED) is 0.298. The van der Waals surface area contributed by atoms with Gasteiger partial charge in [0.15, 0.2) is 17.3 Å². The first kappa shape index (κ1) is 33.4. The summed E-state index contributed by atoms with van der Waals surface area (Å²) in [6.45, 7) is 3.39. The molecule has 0 saturated heterocycles. The number of nitrogens with one attached hydrogen (secondary N) is 2. The second-order valence-corrected chi connectivity index (χ2v) is 11.9. The Labute approximate surface area is 276 Å². The summed E-state index contributed by atoms with van der Waals surface area (Å²) >= 11 is 1.37. The van der Waals surface area contributed by atoms with Crippen LogP contribution in [0.15, 0.2) is 59.3 Å². The van der Waals surface area contributed by atoms with Crippen LogP contribution in [0, 0.1) is 6.92 Å². The van der Waals surface area contributed by atoms with E-state index in [9.17, 15) is 14.4 Å². The molecule has 15 heteroatoms. The number of carbonyl (C=O) groups is 3. The number of aromatic nitrogens is 5. The van der Waals surface area contributed by atoms with E-state index < -0.39 is 11.9 Å². The van der Waals surface area contributed by atoms with E-state index >= 15 is 0 Å². The van der Waals surface area contributed by atoms with Gasteiger partial charge in [-0.2, -0.15) is 4.98 Å². The second-order valence-electron chi connectivity index (χ2n) is 10.9. The molecule has 1 aliphatic rings. The molecule has 4 aromatic rings. The molecule has 1 aliphatic heterocycles. The highest BCUT2D eigenvalue weighted by Crippen LogP contribution is 2.31. The highest BCUT2D eigenvalue weighted by Gasteiger charge is 2.25. The van der Waals surface area contributed by atoms with Gasteiger partial charge in [0.25, 0.3) is 5.91 Å². The fourth-order valence-corrected chi connectivity index (χ4v) is 5.78. The Morgan fingerprint density at radius 3 is 2.74 bits per heavy atom. The van der Waals surface area contributed by atoms with Crippen molar-refractivity contribution in [3.8, 4) is 11.5 Å². The van der Waals surface area contributed by atoms with E-state index in [0.29, 0.717) is 54.9 Å². The van der Waals surface area contributed by atoms with Gasteiger partial charge < -0.3 is 29.5 Å². The van der Waals surface area contributed by atoms with Crippen LogP contribution >= 0.6 is 11.8 Å². The molecule has 0 spiro atoms. The average Bonchev–Trinajstić information content (AvgIpc) is 3.72. The first-order valence-electron chi connectivity index (χ1n) is 15.4. The molecule has 0 unspecified atom stereocenters. The fourth-order valence-electron chi connectivity index (χ4n) is 5.03. The van der Waals surface area contributed by atoms with Crippen molar-refractivity contribution in [2.24, 2.45) is 0 Å². The summed E-state index contributed by atoms with van der Waals surface area (Å²) in [7, 11) is 1.51. The predicted molar refractivity (Wildman–Crippen MR) is 173 cm³/mol. The zero-order valence-corrected chi connectivity index (χ0v) is 27.2. The highest BCUT2D eigenvalue weighted by atomic mass is 32.2. The number of benzene rings is 2. The second kappa shape index (κ2) is 16.6. The van der Waals surface area contributed by atoms with Gasteiger partial charge in [0.1, 0.15) is 6.04 Å². The van der Waals surface area contributed by atoms with Gasteiger partial charge in [-0.3, -0.25) is 19.1 Å². The molecule has 248 valence electrons. The Morgan fingerprint density at radius 2 is 1.96 bits per heavy atom. The Kier molecular flexibility index (Phi) is 11.8. The van der Waals surface area contributed by atoms with Crippen LogP contribution in [0.25, 0.3) is 0 Å². The van der Waals surface area contributed by atoms with Crippen molar-refractivity contribution in [3.05, 3.63) is 83.3 Å². The van der Waals surface area contributed by atoms with Crippen LogP contribution in [0.1, 0.15) is 39.8 Å². The minimum atomic E-state index is -0.891. The molecule has 3 heterocycles. The van der Waals surface area contributed by atoms with Crippen LogP contribution in [-0.4, -0.2) is 92.9 Å². The van der Waals surface area contributed by atoms with Crippen molar-refractivity contribution in [1.29, 1.82) is 0 Å². The standard InChI is InChI=1S/C32H38N8O6S/c1-22-34-28(46-37-22)20-47-21-29(41)39-15-12-24-19-40(38-36-24)14-7-17-45-30-25(10-6-11-27(30)44-2)31(42)35-26(32(43)33-13-16-39)18-23-8-4-3-5-9-23/h3-6,8-11,19,26H,7,12-18,20-21H2,1-2H3,(H,33,43)(H,35,42)/t26-/m0/s1. The summed E-state index contributed by atoms with van der Waals surface area (Å²) in [5.74, 6) is 1.35. The lowest BCUT2D eigenvalue weighted by atomic mass is 10.0. The number of aryl methyl sites for hydroxylation is 2. The van der Waals surface area contributed by atoms with Gasteiger partial charge in [0, 0.05) is 51.6 Å². The topological polar surface area (TPSA) is 167 Å². The van der Waals surface area contributed by atoms with Crippen molar-refractivity contribution >= 4 is 29.5 Å². The first-order valence-corrected chi connectivity index (χ1v) is 16.5. The molecule has 3 amide bonds. The van der Waals surface area contributed by atoms with Gasteiger partial charge in [-0.15, -0.1) is 16.9 Å². The Morgan fingerprint density at radius 1 is 1.11 bits per heavy atom. The van der Waals surface area contributed by atoms with Gasteiger partial charge in [0.2, 0.25) is 17.7 Å². The molecular weight excluding hydrogens is 624 g/mol. The lowest BCUT2D eigenvalue weighted by Crippen LogP contribution is -2.50. The van der Waals surface area contributed by atoms with Gasteiger partial charge in [0.05, 0.1) is 36.5 Å². The molecule has 0 aliphatic carbocycles. The Balaban J connectivity index is 1.34. The van der Waals surface area contributed by atoms with E-state index in [4.69, 9.17) is 14.0 Å². The minimum Gasteiger partial charge on any atom is -0.493 e. The van der Waals surface area contributed by atoms with E-state index in [1.54, 1.807) is 34.7 Å². The summed E-state index contributed by atoms with van der Waals surface area (Å²) in [5.41, 5.74) is 1.87. The van der Waals surface area contributed by atoms with Crippen LogP contribution in [0.2, 0.25) is 0 Å². The number of nitrogens with zero attached hydrogens (tertiary/aromatic N) is 6. The SMILES string of the molecule is COc1cccc2c1OCCCn1cc(nn1)CCN(C(=O)CSCc1nc(C)no1)CCNC(=O)[C@H](Cc1ccccc1)NC2=O. The van der Waals surface area contributed by atoms with Gasteiger partial charge in [-0.05, 0) is 24.6 Å². The number of amides is 3. The number of rotatable bonds is 7. The predicted octanol–water partition coefficient (Wildman–Crippen LogP) is 2.22. The maximum absolute atomic E-state index is 13.7. The van der Waals surface area contributed by atoms with E-state index in [1.807, 2.05) is 36.5 Å². The largest absolute Gasteiger partial charge is 0.493 e. The third-order valence-electron chi connectivity index (χ3n) is 7.40. The van der Waals surface area contributed by atoms with Crippen molar-refractivity contribution in [2.75, 3.05) is 39.1 Å². The van der Waals surface area contributed by atoms with Crippen LogP contribution in [0.5, 0.6) is 11.5 Å². The van der Waals surface area contributed by atoms with Crippen molar-refractivity contribution in [2.45, 2.75) is 44.5 Å². The molecule has 2 aromatic carbocycles. The number of ether oxygens (including phenoxy) is 2. The number of thioether (sulfide) groups is 1. The molecule has 0 fully saturated rings. The maximum Gasteiger partial charge on any atom is 0.255 e. The van der Waals surface area contributed by atoms with Crippen molar-refractivity contribution in [1.82, 2.24) is 40.7 Å². The number of fused-ring (bicyclic) bond motifs is 3. The summed E-state index contributed by atoms with van der Waals surface area (Å²) in [4.78, 5) is 46.5. The average molecular weight is 663 g/mol. The van der Waals surface area contributed by atoms with Crippen LogP contribution in [0.3, 0.4) is 0 Å². The molecule has 0 saturated carbocycles. The summed E-state index contributed by atoms with van der Waals surface area (Å²) in [6.07, 6.45) is 3.19. The number of hydrogen-bond acceptors (Lipinski definition) is 11. The van der Waals surface area contributed by atoms with E-state index in [1.165, 1.54) is 18.9 Å². The zero-order valence-electron chi connectivity index (χ0n) is 26.4. The normalized spacial score (nSPS) is 16.5. The molecule has 14 nitrogen and oxygen atoms in total. The van der Waals surface area contributed by atoms with Crippen molar-refractivity contribution in [3.63, 3.8) is 0 Å². The van der Waals surface area contributed by atoms with Gasteiger partial charge >= 0.3 is 0 Å². The number of carbonyl (C=O) groups excluding carboxylic acids is 3. The Bertz CT molecular complexity index is 1650. The van der Waals surface area contributed by atoms with Crippen LogP contribution in [-0.2, 0) is 34.7 Å². The van der Waals surface area contributed by atoms with Crippen LogP contribution in [0.4, 0.5) is 0 Å². The molecule has 2 bridgehead atoms. The number of para-hydroxylation sites is 1. The smallest absolute Gasteiger partial charge is 0.255 e. The molecular formula is C32H38N8O6S. The number of methoxy groups -OCH3 is 1. The monoisotopic (exact) mass is 662 g/mol. The molecule has 1 atom stereocenters.